The molecule has 122 valence electrons. The number of likely N-dealkylation sites (tertiary alicyclic amines) is 1. The zero-order chi connectivity index (χ0) is 16.7. The van der Waals surface area contributed by atoms with Crippen molar-refractivity contribution in [3.05, 3.63) is 43.0 Å². The van der Waals surface area contributed by atoms with E-state index in [4.69, 9.17) is 0 Å². The number of anilines is 1. The fraction of sp³-hybridized carbons (Fsp3) is 0.353. The summed E-state index contributed by atoms with van der Waals surface area (Å²) in [6.45, 7) is 4.16. The lowest BCUT2D eigenvalue weighted by atomic mass is 10.2. The summed E-state index contributed by atoms with van der Waals surface area (Å²) in [7, 11) is 0. The molecule has 1 aliphatic heterocycles. The number of carbonyl (C=O) groups excluding carboxylic acids is 3. The summed E-state index contributed by atoms with van der Waals surface area (Å²) in [5.41, 5.74) is 0.718. The van der Waals surface area contributed by atoms with Crippen LogP contribution in [0.3, 0.4) is 0 Å². The van der Waals surface area contributed by atoms with Crippen LogP contribution in [-0.4, -0.2) is 41.8 Å². The van der Waals surface area contributed by atoms with Crippen molar-refractivity contribution >= 4 is 23.4 Å². The number of para-hydroxylation sites is 1. The van der Waals surface area contributed by atoms with E-state index in [1.165, 1.54) is 0 Å². The molecule has 2 N–H and O–H groups in total. The van der Waals surface area contributed by atoms with E-state index >= 15 is 0 Å². The molecule has 0 aliphatic carbocycles. The maximum absolute atomic E-state index is 12.4. The van der Waals surface area contributed by atoms with Gasteiger partial charge in [0.2, 0.25) is 17.7 Å². The summed E-state index contributed by atoms with van der Waals surface area (Å²) < 4.78 is 0. The molecule has 0 spiro atoms. The predicted molar refractivity (Wildman–Crippen MR) is 87.6 cm³/mol. The molecular formula is C17H21N3O3. The normalized spacial score (nSPS) is 16.7. The second kappa shape index (κ2) is 8.12. The van der Waals surface area contributed by atoms with Gasteiger partial charge in [-0.15, -0.1) is 0 Å². The second-order valence-electron chi connectivity index (χ2n) is 5.35. The fourth-order valence-corrected chi connectivity index (χ4v) is 2.59. The van der Waals surface area contributed by atoms with Gasteiger partial charge in [-0.2, -0.15) is 0 Å². The van der Waals surface area contributed by atoms with Crippen molar-refractivity contribution in [1.82, 2.24) is 10.2 Å². The first-order chi connectivity index (χ1) is 11.1. The Morgan fingerprint density at radius 1 is 1.26 bits per heavy atom. The summed E-state index contributed by atoms with van der Waals surface area (Å²) >= 11 is 0. The van der Waals surface area contributed by atoms with Gasteiger partial charge in [0.15, 0.2) is 0 Å². The second-order valence-corrected chi connectivity index (χ2v) is 5.35. The average Bonchev–Trinajstić information content (AvgIpc) is 3.05. The number of amides is 3. The number of nitrogens with zero attached hydrogens (tertiary/aromatic N) is 1. The minimum atomic E-state index is -0.446. The minimum Gasteiger partial charge on any atom is -0.352 e. The van der Waals surface area contributed by atoms with E-state index < -0.39 is 6.04 Å². The van der Waals surface area contributed by atoms with Gasteiger partial charge < -0.3 is 15.5 Å². The Hall–Kier alpha value is -2.63. The average molecular weight is 315 g/mol. The Kier molecular flexibility index (Phi) is 5.91. The highest BCUT2D eigenvalue weighted by molar-refractivity contribution is 5.97. The topological polar surface area (TPSA) is 78.5 Å². The van der Waals surface area contributed by atoms with Gasteiger partial charge in [-0.1, -0.05) is 24.8 Å². The number of nitrogens with one attached hydrogen (secondary N) is 2. The minimum absolute atomic E-state index is 0.125. The molecule has 0 radical (unpaired) electrons. The SMILES string of the molecule is C=CC(=O)NCCC(=O)N1CCC[C@@H]1C(=O)Nc1ccccc1. The predicted octanol–water partition coefficient (Wildman–Crippen LogP) is 1.31. The highest BCUT2D eigenvalue weighted by Gasteiger charge is 2.33. The van der Waals surface area contributed by atoms with Gasteiger partial charge in [-0.3, -0.25) is 14.4 Å². The van der Waals surface area contributed by atoms with Gasteiger partial charge in [-0.05, 0) is 31.1 Å². The van der Waals surface area contributed by atoms with Crippen LogP contribution in [0.5, 0.6) is 0 Å². The molecule has 0 unspecified atom stereocenters. The molecule has 1 aromatic rings. The molecule has 1 saturated heterocycles. The third-order valence-corrected chi connectivity index (χ3v) is 3.74. The quantitative estimate of drug-likeness (QED) is 0.777. The van der Waals surface area contributed by atoms with Crippen LogP contribution >= 0.6 is 0 Å². The van der Waals surface area contributed by atoms with Crippen LogP contribution in [0.15, 0.2) is 43.0 Å². The van der Waals surface area contributed by atoms with E-state index in [2.05, 4.69) is 17.2 Å². The standard InChI is InChI=1S/C17H21N3O3/c1-2-15(21)18-11-10-16(22)20-12-6-9-14(20)17(23)19-13-7-4-3-5-8-13/h2-5,7-8,14H,1,6,9-12H2,(H,18,21)(H,19,23)/t14-/m1/s1. The Morgan fingerprint density at radius 2 is 2.00 bits per heavy atom. The Balaban J connectivity index is 1.88. The maximum Gasteiger partial charge on any atom is 0.247 e. The van der Waals surface area contributed by atoms with E-state index in [0.717, 1.165) is 18.2 Å². The van der Waals surface area contributed by atoms with Crippen molar-refractivity contribution in [2.75, 3.05) is 18.4 Å². The van der Waals surface area contributed by atoms with Gasteiger partial charge >= 0.3 is 0 Å². The van der Waals surface area contributed by atoms with Crippen LogP contribution in [0, 0.1) is 0 Å². The zero-order valence-corrected chi connectivity index (χ0v) is 13.0. The molecule has 1 atom stereocenters. The summed E-state index contributed by atoms with van der Waals surface area (Å²) in [6.07, 6.45) is 2.80. The van der Waals surface area contributed by atoms with E-state index in [9.17, 15) is 14.4 Å². The van der Waals surface area contributed by atoms with Gasteiger partial charge in [-0.25, -0.2) is 0 Å². The van der Waals surface area contributed by atoms with Gasteiger partial charge in [0.1, 0.15) is 6.04 Å². The number of hydrogen-bond donors (Lipinski definition) is 2. The monoisotopic (exact) mass is 315 g/mol. The maximum atomic E-state index is 12.4. The lowest BCUT2D eigenvalue weighted by Crippen LogP contribution is -2.44. The molecule has 1 aliphatic rings. The van der Waals surface area contributed by atoms with Crippen LogP contribution < -0.4 is 10.6 Å². The Labute approximate surface area is 135 Å². The summed E-state index contributed by atoms with van der Waals surface area (Å²) in [5.74, 6) is -0.602. The summed E-state index contributed by atoms with van der Waals surface area (Å²) in [4.78, 5) is 37.3. The van der Waals surface area contributed by atoms with Crippen LogP contribution in [0.2, 0.25) is 0 Å². The highest BCUT2D eigenvalue weighted by atomic mass is 16.2. The Morgan fingerprint density at radius 3 is 2.70 bits per heavy atom. The first-order valence-electron chi connectivity index (χ1n) is 7.67. The number of hydrogen-bond acceptors (Lipinski definition) is 3. The molecular weight excluding hydrogens is 294 g/mol. The molecule has 0 bridgehead atoms. The smallest absolute Gasteiger partial charge is 0.247 e. The molecule has 1 aromatic carbocycles. The Bertz CT molecular complexity index is 586. The van der Waals surface area contributed by atoms with Crippen LogP contribution in [-0.2, 0) is 14.4 Å². The van der Waals surface area contributed by atoms with Crippen molar-refractivity contribution in [3.63, 3.8) is 0 Å². The lowest BCUT2D eigenvalue weighted by molar-refractivity contribution is -0.136. The first-order valence-corrected chi connectivity index (χ1v) is 7.67. The summed E-state index contributed by atoms with van der Waals surface area (Å²) in [6, 6.07) is 8.73. The highest BCUT2D eigenvalue weighted by Crippen LogP contribution is 2.20. The molecule has 0 aromatic heterocycles. The summed E-state index contributed by atoms with van der Waals surface area (Å²) in [5, 5.41) is 5.40. The molecule has 6 heteroatoms. The third-order valence-electron chi connectivity index (χ3n) is 3.74. The lowest BCUT2D eigenvalue weighted by Gasteiger charge is -2.24. The van der Waals surface area contributed by atoms with Gasteiger partial charge in [0, 0.05) is 25.2 Å². The van der Waals surface area contributed by atoms with Crippen molar-refractivity contribution < 1.29 is 14.4 Å². The number of carbonyl (C=O) groups is 3. The molecule has 23 heavy (non-hydrogen) atoms. The van der Waals surface area contributed by atoms with E-state index in [1.807, 2.05) is 30.3 Å². The van der Waals surface area contributed by atoms with Crippen LogP contribution in [0.1, 0.15) is 19.3 Å². The molecule has 1 fully saturated rings. The molecule has 2 rings (SSSR count). The molecule has 0 saturated carbocycles. The molecule has 1 heterocycles. The largest absolute Gasteiger partial charge is 0.352 e. The molecule has 3 amide bonds. The van der Waals surface area contributed by atoms with E-state index in [-0.39, 0.29) is 30.7 Å². The zero-order valence-electron chi connectivity index (χ0n) is 13.0. The van der Waals surface area contributed by atoms with Crippen LogP contribution in [0.4, 0.5) is 5.69 Å². The number of rotatable bonds is 6. The van der Waals surface area contributed by atoms with Crippen LogP contribution in [0.25, 0.3) is 0 Å². The van der Waals surface area contributed by atoms with E-state index in [1.54, 1.807) is 4.90 Å². The third kappa shape index (κ3) is 4.67. The first kappa shape index (κ1) is 16.7. The van der Waals surface area contributed by atoms with E-state index in [0.29, 0.717) is 13.0 Å². The van der Waals surface area contributed by atoms with Gasteiger partial charge in [0.05, 0.1) is 0 Å². The van der Waals surface area contributed by atoms with Crippen molar-refractivity contribution in [3.8, 4) is 0 Å². The fourth-order valence-electron chi connectivity index (χ4n) is 2.59. The van der Waals surface area contributed by atoms with Crippen molar-refractivity contribution in [1.29, 1.82) is 0 Å². The van der Waals surface area contributed by atoms with Crippen molar-refractivity contribution in [2.45, 2.75) is 25.3 Å². The van der Waals surface area contributed by atoms with Gasteiger partial charge in [0.25, 0.3) is 0 Å². The number of benzene rings is 1. The van der Waals surface area contributed by atoms with Crippen molar-refractivity contribution in [2.24, 2.45) is 0 Å². The molecule has 6 nitrogen and oxygen atoms in total.